The van der Waals surface area contributed by atoms with Crippen molar-refractivity contribution in [2.45, 2.75) is 52.2 Å². The average molecular weight is 394 g/mol. The van der Waals surface area contributed by atoms with Crippen LogP contribution in [0.15, 0.2) is 28.8 Å². The molecule has 1 aliphatic rings. The van der Waals surface area contributed by atoms with E-state index >= 15 is 0 Å². The third-order valence-corrected chi connectivity index (χ3v) is 5.06. The van der Waals surface area contributed by atoms with E-state index in [1.165, 1.54) is 0 Å². The summed E-state index contributed by atoms with van der Waals surface area (Å²) in [5.74, 6) is 1.70. The Morgan fingerprint density at radius 2 is 2.04 bits per heavy atom. The van der Waals surface area contributed by atoms with Gasteiger partial charge in [-0.2, -0.15) is 0 Å². The highest BCUT2D eigenvalue weighted by molar-refractivity contribution is 5.85. The van der Waals surface area contributed by atoms with E-state index in [0.717, 1.165) is 54.1 Å². The van der Waals surface area contributed by atoms with Gasteiger partial charge in [-0.05, 0) is 50.8 Å². The molecule has 1 unspecified atom stereocenters. The van der Waals surface area contributed by atoms with Crippen molar-refractivity contribution in [3.63, 3.8) is 0 Å². The van der Waals surface area contributed by atoms with Crippen LogP contribution in [0.25, 0.3) is 0 Å². The van der Waals surface area contributed by atoms with E-state index in [1.807, 2.05) is 43.0 Å². The molecular formula is C20H28ClN3O3. The summed E-state index contributed by atoms with van der Waals surface area (Å²) < 4.78 is 11.0. The van der Waals surface area contributed by atoms with Crippen molar-refractivity contribution in [3.05, 3.63) is 46.8 Å². The van der Waals surface area contributed by atoms with Gasteiger partial charge in [0.05, 0.1) is 17.7 Å². The standard InChI is InChI=1S/C20H27N3O3.ClH/c1-14-19(15(2)26-22-14)13-25-18-8-6-16(7-9-18)11-20(24)23-10-4-3-5-17(23)12-21;/h6-9,17H,3-5,10-13,21H2,1-2H3;1H. The van der Waals surface area contributed by atoms with Crippen LogP contribution >= 0.6 is 12.4 Å². The van der Waals surface area contributed by atoms with Crippen molar-refractivity contribution in [2.24, 2.45) is 5.73 Å². The van der Waals surface area contributed by atoms with Crippen molar-refractivity contribution in [2.75, 3.05) is 13.1 Å². The molecule has 3 rings (SSSR count). The zero-order valence-electron chi connectivity index (χ0n) is 15.9. The highest BCUT2D eigenvalue weighted by atomic mass is 35.5. The van der Waals surface area contributed by atoms with E-state index in [4.69, 9.17) is 15.0 Å². The number of hydrogen-bond donors (Lipinski definition) is 1. The zero-order chi connectivity index (χ0) is 18.5. The predicted molar refractivity (Wildman–Crippen MR) is 106 cm³/mol. The number of aromatic nitrogens is 1. The van der Waals surface area contributed by atoms with E-state index < -0.39 is 0 Å². The van der Waals surface area contributed by atoms with Gasteiger partial charge in [0.25, 0.3) is 0 Å². The molecule has 1 aromatic heterocycles. The molecule has 1 fully saturated rings. The maximum Gasteiger partial charge on any atom is 0.227 e. The van der Waals surface area contributed by atoms with Crippen LogP contribution in [0.1, 0.15) is 41.8 Å². The lowest BCUT2D eigenvalue weighted by molar-refractivity contribution is -0.133. The van der Waals surface area contributed by atoms with Gasteiger partial charge in [0, 0.05) is 19.1 Å². The second kappa shape index (κ2) is 9.76. The largest absolute Gasteiger partial charge is 0.489 e. The van der Waals surface area contributed by atoms with Crippen LogP contribution in [0, 0.1) is 13.8 Å². The first kappa shape index (κ1) is 21.3. The van der Waals surface area contributed by atoms with Crippen LogP contribution in [-0.4, -0.2) is 35.1 Å². The Labute approximate surface area is 166 Å². The molecule has 1 aliphatic heterocycles. The summed E-state index contributed by atoms with van der Waals surface area (Å²) >= 11 is 0. The molecule has 148 valence electrons. The van der Waals surface area contributed by atoms with E-state index in [1.54, 1.807) is 0 Å². The normalized spacial score (nSPS) is 16.7. The van der Waals surface area contributed by atoms with Gasteiger partial charge in [-0.1, -0.05) is 17.3 Å². The Bertz CT molecular complexity index is 726. The number of carbonyl (C=O) groups excluding carboxylic acids is 1. The Kier molecular flexibility index (Phi) is 7.68. The molecule has 1 atom stereocenters. The Balaban J connectivity index is 0.00000261. The van der Waals surface area contributed by atoms with Gasteiger partial charge >= 0.3 is 0 Å². The van der Waals surface area contributed by atoms with Gasteiger partial charge in [0.2, 0.25) is 5.91 Å². The van der Waals surface area contributed by atoms with Crippen LogP contribution < -0.4 is 10.5 Å². The molecule has 0 bridgehead atoms. The van der Waals surface area contributed by atoms with Crippen molar-refractivity contribution in [1.29, 1.82) is 0 Å². The van der Waals surface area contributed by atoms with Gasteiger partial charge in [-0.15, -0.1) is 12.4 Å². The summed E-state index contributed by atoms with van der Waals surface area (Å²) in [6.45, 7) is 5.56. The maximum absolute atomic E-state index is 12.6. The fraction of sp³-hybridized carbons (Fsp3) is 0.500. The second-order valence-electron chi connectivity index (χ2n) is 6.88. The number of amides is 1. The third kappa shape index (κ3) is 5.23. The number of rotatable bonds is 6. The minimum absolute atomic E-state index is 0. The van der Waals surface area contributed by atoms with E-state index in [9.17, 15) is 4.79 Å². The first-order valence-electron chi connectivity index (χ1n) is 9.21. The smallest absolute Gasteiger partial charge is 0.227 e. The number of benzene rings is 1. The van der Waals surface area contributed by atoms with Crippen LogP contribution in [0.3, 0.4) is 0 Å². The van der Waals surface area contributed by atoms with Crippen molar-refractivity contribution in [1.82, 2.24) is 10.1 Å². The quantitative estimate of drug-likeness (QED) is 0.815. The first-order valence-corrected chi connectivity index (χ1v) is 9.21. The fourth-order valence-corrected chi connectivity index (χ4v) is 3.42. The summed E-state index contributed by atoms with van der Waals surface area (Å²) in [5.41, 5.74) is 8.63. The molecule has 27 heavy (non-hydrogen) atoms. The predicted octanol–water partition coefficient (Wildman–Crippen LogP) is 3.17. The first-order chi connectivity index (χ1) is 12.6. The number of nitrogens with zero attached hydrogens (tertiary/aromatic N) is 2. The molecule has 2 aromatic rings. The lowest BCUT2D eigenvalue weighted by atomic mass is 10.0. The van der Waals surface area contributed by atoms with E-state index in [2.05, 4.69) is 5.16 Å². The number of nitrogens with two attached hydrogens (primary N) is 1. The summed E-state index contributed by atoms with van der Waals surface area (Å²) in [6, 6.07) is 7.88. The molecule has 0 aliphatic carbocycles. The van der Waals surface area contributed by atoms with Crippen molar-refractivity contribution < 1.29 is 14.1 Å². The number of carbonyl (C=O) groups is 1. The average Bonchev–Trinajstić information content (AvgIpc) is 2.99. The molecule has 1 saturated heterocycles. The molecule has 0 saturated carbocycles. The number of aryl methyl sites for hydroxylation is 2. The van der Waals surface area contributed by atoms with Gasteiger partial charge in [0.15, 0.2) is 0 Å². The van der Waals surface area contributed by atoms with Gasteiger partial charge < -0.3 is 19.9 Å². The summed E-state index contributed by atoms with van der Waals surface area (Å²) in [4.78, 5) is 14.5. The van der Waals surface area contributed by atoms with Gasteiger partial charge in [0.1, 0.15) is 18.1 Å². The van der Waals surface area contributed by atoms with E-state index in [0.29, 0.717) is 19.6 Å². The monoisotopic (exact) mass is 393 g/mol. The molecule has 0 spiro atoms. The lowest BCUT2D eigenvalue weighted by Crippen LogP contribution is -2.48. The number of piperidine rings is 1. The molecule has 2 heterocycles. The van der Waals surface area contributed by atoms with Gasteiger partial charge in [-0.25, -0.2) is 0 Å². The Morgan fingerprint density at radius 3 is 2.67 bits per heavy atom. The lowest BCUT2D eigenvalue weighted by Gasteiger charge is -2.35. The van der Waals surface area contributed by atoms with E-state index in [-0.39, 0.29) is 24.4 Å². The SMILES string of the molecule is Cc1noc(C)c1COc1ccc(CC(=O)N2CCCCC2CN)cc1.Cl. The van der Waals surface area contributed by atoms with Crippen LogP contribution in [0.4, 0.5) is 0 Å². The number of likely N-dealkylation sites (tertiary alicyclic amines) is 1. The highest BCUT2D eigenvalue weighted by Crippen LogP contribution is 2.20. The highest BCUT2D eigenvalue weighted by Gasteiger charge is 2.25. The Morgan fingerprint density at radius 1 is 1.30 bits per heavy atom. The Hall–Kier alpha value is -2.05. The zero-order valence-corrected chi connectivity index (χ0v) is 16.8. The molecule has 7 heteroatoms. The minimum Gasteiger partial charge on any atom is -0.489 e. The van der Waals surface area contributed by atoms with Crippen LogP contribution in [0.2, 0.25) is 0 Å². The topological polar surface area (TPSA) is 81.6 Å². The molecule has 6 nitrogen and oxygen atoms in total. The van der Waals surface area contributed by atoms with Crippen LogP contribution in [0.5, 0.6) is 5.75 Å². The molecule has 2 N–H and O–H groups in total. The number of hydrogen-bond acceptors (Lipinski definition) is 5. The minimum atomic E-state index is 0. The van der Waals surface area contributed by atoms with Crippen LogP contribution in [-0.2, 0) is 17.8 Å². The van der Waals surface area contributed by atoms with Crippen molar-refractivity contribution in [3.8, 4) is 5.75 Å². The maximum atomic E-state index is 12.6. The summed E-state index contributed by atoms with van der Waals surface area (Å²) in [6.07, 6.45) is 3.64. The summed E-state index contributed by atoms with van der Waals surface area (Å²) in [7, 11) is 0. The molecule has 0 radical (unpaired) electrons. The molecular weight excluding hydrogens is 366 g/mol. The van der Waals surface area contributed by atoms with Gasteiger partial charge in [-0.3, -0.25) is 4.79 Å². The number of ether oxygens (including phenoxy) is 1. The number of halogens is 1. The second-order valence-corrected chi connectivity index (χ2v) is 6.88. The fourth-order valence-electron chi connectivity index (χ4n) is 3.42. The third-order valence-electron chi connectivity index (χ3n) is 5.06. The van der Waals surface area contributed by atoms with Crippen molar-refractivity contribution >= 4 is 18.3 Å². The molecule has 1 amide bonds. The summed E-state index contributed by atoms with van der Waals surface area (Å²) in [5, 5.41) is 3.93. The molecule has 1 aromatic carbocycles.